The third-order valence-electron chi connectivity index (χ3n) is 1.51. The van der Waals surface area contributed by atoms with Crippen LogP contribution in [0.3, 0.4) is 0 Å². The number of ether oxygens (including phenoxy) is 2. The highest BCUT2D eigenvalue weighted by Crippen LogP contribution is 2.17. The summed E-state index contributed by atoms with van der Waals surface area (Å²) in [5.74, 6) is -0.505. The van der Waals surface area contributed by atoms with Crippen LogP contribution in [-0.2, 0) is 4.79 Å². The summed E-state index contributed by atoms with van der Waals surface area (Å²) < 4.78 is 9.65. The van der Waals surface area contributed by atoms with Gasteiger partial charge >= 0.3 is 5.97 Å². The van der Waals surface area contributed by atoms with Gasteiger partial charge in [0, 0.05) is 0 Å². The Balaban J connectivity index is 2.69. The molecule has 0 saturated carbocycles. The first kappa shape index (κ1) is 10.1. The Labute approximate surface area is 81.4 Å². The number of hydrogen-bond acceptors (Lipinski definition) is 4. The Hall–Kier alpha value is -1.97. The van der Waals surface area contributed by atoms with Gasteiger partial charge in [-0.1, -0.05) is 0 Å². The van der Waals surface area contributed by atoms with Gasteiger partial charge in [0.1, 0.15) is 11.5 Å². The molecule has 1 aromatic carbocycles. The van der Waals surface area contributed by atoms with Crippen molar-refractivity contribution < 1.29 is 19.4 Å². The summed E-state index contributed by atoms with van der Waals surface area (Å²) in [5.41, 5.74) is 0. The number of hydrogen-bond donors (Lipinski definition) is 1. The highest BCUT2D eigenvalue weighted by Gasteiger charge is 2.07. The van der Waals surface area contributed by atoms with Crippen LogP contribution in [0.2, 0.25) is 0 Å². The minimum atomic E-state index is -0.866. The number of carbonyl (C=O) groups is 1. The van der Waals surface area contributed by atoms with Crippen molar-refractivity contribution in [2.24, 2.45) is 0 Å². The van der Waals surface area contributed by atoms with Gasteiger partial charge in [0.05, 0.1) is 7.11 Å². The molecule has 0 aliphatic heterocycles. The normalized spacial score (nSPS) is 9.21. The van der Waals surface area contributed by atoms with Crippen LogP contribution in [0.25, 0.3) is 0 Å². The average Bonchev–Trinajstić information content (AvgIpc) is 2.19. The number of aliphatic hydroxyl groups excluding tert-OH is 1. The van der Waals surface area contributed by atoms with Gasteiger partial charge in [-0.2, -0.15) is 0 Å². The number of esters is 1. The molecule has 0 heterocycles. The van der Waals surface area contributed by atoms with Gasteiger partial charge in [-0.15, -0.1) is 0 Å². The van der Waals surface area contributed by atoms with E-state index in [4.69, 9.17) is 14.6 Å². The maximum atomic E-state index is 10.9. The van der Waals surface area contributed by atoms with E-state index in [1.807, 2.05) is 0 Å². The number of methoxy groups -OCH3 is 1. The van der Waals surface area contributed by atoms with Gasteiger partial charge in [0.15, 0.2) is 5.76 Å². The van der Waals surface area contributed by atoms with Crippen molar-refractivity contribution in [3.63, 3.8) is 0 Å². The molecule has 0 atom stereocenters. The molecule has 0 radical (unpaired) electrons. The van der Waals surface area contributed by atoms with Crippen molar-refractivity contribution in [1.82, 2.24) is 0 Å². The molecule has 1 N–H and O–H groups in total. The number of carbonyl (C=O) groups excluding carboxylic acids is 1. The first-order chi connectivity index (χ1) is 6.63. The van der Waals surface area contributed by atoms with E-state index in [0.29, 0.717) is 11.5 Å². The number of rotatable bonds is 3. The molecule has 4 nitrogen and oxygen atoms in total. The maximum absolute atomic E-state index is 10.9. The minimum absolute atomic E-state index is 0.325. The second-order valence-electron chi connectivity index (χ2n) is 2.51. The smallest absolute Gasteiger partial charge is 0.378 e. The lowest BCUT2D eigenvalue weighted by Crippen LogP contribution is -2.09. The topological polar surface area (TPSA) is 55.8 Å². The molecule has 1 aromatic rings. The Morgan fingerprint density at radius 3 is 2.21 bits per heavy atom. The molecule has 0 amide bonds. The molecular weight excluding hydrogens is 184 g/mol. The summed E-state index contributed by atoms with van der Waals surface area (Å²) in [4.78, 5) is 10.9. The van der Waals surface area contributed by atoms with Crippen LogP contribution < -0.4 is 9.47 Å². The van der Waals surface area contributed by atoms with Crippen molar-refractivity contribution in [3.05, 3.63) is 36.6 Å². The van der Waals surface area contributed by atoms with E-state index in [2.05, 4.69) is 6.58 Å². The van der Waals surface area contributed by atoms with Crippen molar-refractivity contribution in [2.75, 3.05) is 7.11 Å². The van der Waals surface area contributed by atoms with E-state index >= 15 is 0 Å². The van der Waals surface area contributed by atoms with E-state index in [1.165, 1.54) is 7.11 Å². The molecular formula is C10H10O4. The van der Waals surface area contributed by atoms with Crippen LogP contribution >= 0.6 is 0 Å². The van der Waals surface area contributed by atoms with Crippen LogP contribution in [0.5, 0.6) is 11.5 Å². The third kappa shape index (κ3) is 2.52. The molecule has 0 spiro atoms. The second kappa shape index (κ2) is 4.32. The minimum Gasteiger partial charge on any atom is -0.502 e. The van der Waals surface area contributed by atoms with E-state index < -0.39 is 11.7 Å². The second-order valence-corrected chi connectivity index (χ2v) is 2.51. The Morgan fingerprint density at radius 1 is 1.29 bits per heavy atom. The molecule has 1 rings (SSSR count). The molecule has 0 aromatic heterocycles. The summed E-state index contributed by atoms with van der Waals surface area (Å²) >= 11 is 0. The van der Waals surface area contributed by atoms with Crippen LogP contribution in [0.1, 0.15) is 0 Å². The summed E-state index contributed by atoms with van der Waals surface area (Å²) in [6.07, 6.45) is 0. The van der Waals surface area contributed by atoms with Crippen LogP contribution in [0.4, 0.5) is 0 Å². The van der Waals surface area contributed by atoms with Gasteiger partial charge < -0.3 is 14.6 Å². The average molecular weight is 194 g/mol. The molecule has 0 aliphatic carbocycles. The van der Waals surface area contributed by atoms with Gasteiger partial charge in [-0.25, -0.2) is 4.79 Å². The Bertz CT molecular complexity index is 340. The molecule has 4 heteroatoms. The molecule has 0 bridgehead atoms. The standard InChI is InChI=1S/C10H10O4/c1-7(11)10(12)14-9-5-3-8(13-2)4-6-9/h3-6,11H,1H2,2H3. The van der Waals surface area contributed by atoms with Crippen LogP contribution in [-0.4, -0.2) is 18.2 Å². The quantitative estimate of drug-likeness (QED) is 0.344. The van der Waals surface area contributed by atoms with Gasteiger partial charge in [0.25, 0.3) is 0 Å². The Morgan fingerprint density at radius 2 is 1.79 bits per heavy atom. The fourth-order valence-electron chi connectivity index (χ4n) is 0.810. The zero-order valence-electron chi connectivity index (χ0n) is 7.69. The van der Waals surface area contributed by atoms with Gasteiger partial charge in [0.2, 0.25) is 0 Å². The first-order valence-corrected chi connectivity index (χ1v) is 3.87. The van der Waals surface area contributed by atoms with Crippen molar-refractivity contribution in [1.29, 1.82) is 0 Å². The third-order valence-corrected chi connectivity index (χ3v) is 1.51. The van der Waals surface area contributed by atoms with Crippen molar-refractivity contribution in [2.45, 2.75) is 0 Å². The summed E-state index contributed by atoms with van der Waals surface area (Å²) in [5, 5.41) is 8.69. The van der Waals surface area contributed by atoms with E-state index in [0.717, 1.165) is 0 Å². The predicted octanol–water partition coefficient (Wildman–Crippen LogP) is 1.67. The van der Waals surface area contributed by atoms with Gasteiger partial charge in [-0.05, 0) is 30.8 Å². The summed E-state index contributed by atoms with van der Waals surface area (Å²) in [7, 11) is 1.54. The monoisotopic (exact) mass is 194 g/mol. The van der Waals surface area contributed by atoms with E-state index in [-0.39, 0.29) is 0 Å². The number of benzene rings is 1. The van der Waals surface area contributed by atoms with Crippen molar-refractivity contribution in [3.8, 4) is 11.5 Å². The largest absolute Gasteiger partial charge is 0.502 e. The summed E-state index contributed by atoms with van der Waals surface area (Å²) in [6, 6.07) is 6.39. The SMILES string of the molecule is C=C(O)C(=O)Oc1ccc(OC)cc1. The molecule has 14 heavy (non-hydrogen) atoms. The van der Waals surface area contributed by atoms with E-state index in [1.54, 1.807) is 24.3 Å². The molecule has 0 unspecified atom stereocenters. The molecule has 0 saturated heterocycles. The molecule has 74 valence electrons. The fourth-order valence-corrected chi connectivity index (χ4v) is 0.810. The lowest BCUT2D eigenvalue weighted by molar-refractivity contribution is -0.132. The maximum Gasteiger partial charge on any atom is 0.378 e. The van der Waals surface area contributed by atoms with Gasteiger partial charge in [-0.3, -0.25) is 0 Å². The zero-order chi connectivity index (χ0) is 10.6. The first-order valence-electron chi connectivity index (χ1n) is 3.87. The van der Waals surface area contributed by atoms with Crippen LogP contribution in [0, 0.1) is 0 Å². The number of aliphatic hydroxyl groups is 1. The zero-order valence-corrected chi connectivity index (χ0v) is 7.69. The Kier molecular flexibility index (Phi) is 3.12. The van der Waals surface area contributed by atoms with E-state index in [9.17, 15) is 4.79 Å². The van der Waals surface area contributed by atoms with Crippen LogP contribution in [0.15, 0.2) is 36.6 Å². The predicted molar refractivity (Wildman–Crippen MR) is 50.4 cm³/mol. The fraction of sp³-hybridized carbons (Fsp3) is 0.100. The molecule has 0 aliphatic rings. The summed E-state index contributed by atoms with van der Waals surface area (Å²) in [6.45, 7) is 3.04. The lowest BCUT2D eigenvalue weighted by atomic mass is 10.3. The van der Waals surface area contributed by atoms with Crippen molar-refractivity contribution >= 4 is 5.97 Å². The molecule has 0 fully saturated rings. The highest BCUT2D eigenvalue weighted by atomic mass is 16.5. The highest BCUT2D eigenvalue weighted by molar-refractivity contribution is 5.86. The lowest BCUT2D eigenvalue weighted by Gasteiger charge is -2.03.